The zero-order valence-electron chi connectivity index (χ0n) is 22.0. The van der Waals surface area contributed by atoms with Crippen molar-refractivity contribution in [1.29, 1.82) is 0 Å². The van der Waals surface area contributed by atoms with Crippen molar-refractivity contribution in [2.45, 2.75) is 45.2 Å². The molecule has 3 aromatic rings. The fraction of sp³-hybridized carbons (Fsp3) is 0.286. The first-order chi connectivity index (χ1) is 17.8. The van der Waals surface area contributed by atoms with Gasteiger partial charge in [-0.3, -0.25) is 13.9 Å². The quantitative estimate of drug-likeness (QED) is 0.376. The summed E-state index contributed by atoms with van der Waals surface area (Å²) in [6, 6.07) is 15.7. The maximum atomic E-state index is 13.8. The van der Waals surface area contributed by atoms with E-state index in [9.17, 15) is 18.0 Å². The van der Waals surface area contributed by atoms with E-state index in [-0.39, 0.29) is 11.4 Å². The van der Waals surface area contributed by atoms with Crippen molar-refractivity contribution in [1.82, 2.24) is 10.2 Å². The van der Waals surface area contributed by atoms with Gasteiger partial charge in [-0.15, -0.1) is 0 Å². The number of sulfonamides is 1. The van der Waals surface area contributed by atoms with Crippen LogP contribution in [0.15, 0.2) is 65.6 Å². The molecule has 2 amide bonds. The Morgan fingerprint density at radius 3 is 2.13 bits per heavy atom. The largest absolute Gasteiger partial charge is 0.357 e. The molecule has 0 aromatic heterocycles. The second kappa shape index (κ2) is 12.2. The van der Waals surface area contributed by atoms with E-state index in [1.54, 1.807) is 49.4 Å². The number of carbonyl (C=O) groups excluding carboxylic acids is 2. The van der Waals surface area contributed by atoms with Crippen LogP contribution < -0.4 is 9.62 Å². The number of nitrogens with one attached hydrogen (secondary N) is 1. The molecule has 1 unspecified atom stereocenters. The molecular formula is C28H31Cl2N3O4S. The van der Waals surface area contributed by atoms with Gasteiger partial charge in [0.1, 0.15) is 12.6 Å². The van der Waals surface area contributed by atoms with E-state index in [1.165, 1.54) is 24.1 Å². The van der Waals surface area contributed by atoms with E-state index in [4.69, 9.17) is 23.2 Å². The highest BCUT2D eigenvalue weighted by Crippen LogP contribution is 2.27. The summed E-state index contributed by atoms with van der Waals surface area (Å²) in [7, 11) is -2.64. The van der Waals surface area contributed by atoms with Crippen LogP contribution in [0.3, 0.4) is 0 Å². The average Bonchev–Trinajstić information content (AvgIpc) is 2.88. The number of amides is 2. The predicted octanol–water partition coefficient (Wildman–Crippen LogP) is 5.28. The van der Waals surface area contributed by atoms with E-state index in [2.05, 4.69) is 5.32 Å². The van der Waals surface area contributed by atoms with Crippen LogP contribution >= 0.6 is 23.2 Å². The van der Waals surface area contributed by atoms with Crippen LogP contribution in [0.25, 0.3) is 0 Å². The van der Waals surface area contributed by atoms with Gasteiger partial charge in [0.05, 0.1) is 20.6 Å². The standard InChI is InChI=1S/C28H31Cl2N3O4S/c1-18-6-11-24(12-7-18)38(36,37)33(23-10-8-19(2)20(3)14-23)17-27(34)32(21(4)28(35)31-5)16-22-9-13-25(29)26(30)15-22/h6-15,21H,16-17H2,1-5H3,(H,31,35). The highest BCUT2D eigenvalue weighted by molar-refractivity contribution is 7.92. The Balaban J connectivity index is 2.06. The predicted molar refractivity (Wildman–Crippen MR) is 152 cm³/mol. The Kier molecular flexibility index (Phi) is 9.46. The van der Waals surface area contributed by atoms with Crippen molar-refractivity contribution in [2.75, 3.05) is 17.9 Å². The molecule has 0 aliphatic carbocycles. The van der Waals surface area contributed by atoms with Gasteiger partial charge in [0, 0.05) is 13.6 Å². The molecule has 7 nitrogen and oxygen atoms in total. The lowest BCUT2D eigenvalue weighted by atomic mass is 10.1. The Morgan fingerprint density at radius 1 is 0.895 bits per heavy atom. The summed E-state index contributed by atoms with van der Waals surface area (Å²) < 4.78 is 28.8. The fourth-order valence-electron chi connectivity index (χ4n) is 3.87. The van der Waals surface area contributed by atoms with Crippen LogP contribution in [0.5, 0.6) is 0 Å². The van der Waals surface area contributed by atoms with Crippen LogP contribution in [-0.4, -0.2) is 44.8 Å². The van der Waals surface area contributed by atoms with Gasteiger partial charge in [0.2, 0.25) is 11.8 Å². The molecule has 0 saturated heterocycles. The second-order valence-corrected chi connectivity index (χ2v) is 11.8. The Morgan fingerprint density at radius 2 is 1.55 bits per heavy atom. The van der Waals surface area contributed by atoms with Gasteiger partial charge >= 0.3 is 0 Å². The SMILES string of the molecule is CNC(=O)C(C)N(Cc1ccc(Cl)c(Cl)c1)C(=O)CN(c1ccc(C)c(C)c1)S(=O)(=O)c1ccc(C)cc1. The molecule has 3 aromatic carbocycles. The summed E-state index contributed by atoms with van der Waals surface area (Å²) in [6.07, 6.45) is 0. The summed E-state index contributed by atoms with van der Waals surface area (Å²) in [5.41, 5.74) is 3.77. The first-order valence-electron chi connectivity index (χ1n) is 12.0. The molecule has 0 saturated carbocycles. The highest BCUT2D eigenvalue weighted by Gasteiger charge is 2.32. The Hall–Kier alpha value is -3.07. The van der Waals surface area contributed by atoms with Gasteiger partial charge in [-0.1, -0.05) is 53.0 Å². The molecule has 0 heterocycles. The van der Waals surface area contributed by atoms with Crippen LogP contribution in [-0.2, 0) is 26.2 Å². The van der Waals surface area contributed by atoms with Crippen molar-refractivity contribution in [3.63, 3.8) is 0 Å². The van der Waals surface area contributed by atoms with Crippen molar-refractivity contribution in [3.05, 3.63) is 93.0 Å². The molecule has 3 rings (SSSR count). The molecule has 0 bridgehead atoms. The minimum atomic E-state index is -4.12. The molecule has 202 valence electrons. The number of benzene rings is 3. The third-order valence-corrected chi connectivity index (χ3v) is 8.94. The molecule has 0 aliphatic rings. The van der Waals surface area contributed by atoms with E-state index >= 15 is 0 Å². The number of hydrogen-bond donors (Lipinski definition) is 1. The van der Waals surface area contributed by atoms with Gasteiger partial charge in [-0.25, -0.2) is 8.42 Å². The van der Waals surface area contributed by atoms with E-state index in [0.29, 0.717) is 21.3 Å². The molecule has 1 atom stereocenters. The summed E-state index contributed by atoms with van der Waals surface area (Å²) in [5, 5.41) is 3.22. The average molecular weight is 577 g/mol. The van der Waals surface area contributed by atoms with Crippen molar-refractivity contribution in [2.24, 2.45) is 0 Å². The Bertz CT molecular complexity index is 1440. The lowest BCUT2D eigenvalue weighted by Crippen LogP contribution is -2.50. The highest BCUT2D eigenvalue weighted by atomic mass is 35.5. The molecule has 38 heavy (non-hydrogen) atoms. The van der Waals surface area contributed by atoms with E-state index in [0.717, 1.165) is 21.0 Å². The number of likely N-dealkylation sites (N-methyl/N-ethyl adjacent to an activating group) is 1. The third-order valence-electron chi connectivity index (χ3n) is 6.42. The summed E-state index contributed by atoms with van der Waals surface area (Å²) in [4.78, 5) is 27.8. The van der Waals surface area contributed by atoms with Crippen molar-refractivity contribution < 1.29 is 18.0 Å². The first-order valence-corrected chi connectivity index (χ1v) is 14.2. The number of aryl methyl sites for hydroxylation is 3. The normalized spacial score (nSPS) is 12.1. The smallest absolute Gasteiger partial charge is 0.264 e. The van der Waals surface area contributed by atoms with E-state index in [1.807, 2.05) is 26.8 Å². The van der Waals surface area contributed by atoms with Crippen LogP contribution in [0, 0.1) is 20.8 Å². The number of hydrogen-bond acceptors (Lipinski definition) is 4. The third kappa shape index (κ3) is 6.67. The maximum absolute atomic E-state index is 13.8. The summed E-state index contributed by atoms with van der Waals surface area (Å²) >= 11 is 12.2. The number of carbonyl (C=O) groups is 2. The monoisotopic (exact) mass is 575 g/mol. The number of nitrogens with zero attached hydrogens (tertiary/aromatic N) is 2. The minimum absolute atomic E-state index is 0.0235. The van der Waals surface area contributed by atoms with Gasteiger partial charge < -0.3 is 10.2 Å². The van der Waals surface area contributed by atoms with Gasteiger partial charge in [0.25, 0.3) is 10.0 Å². The molecule has 0 aliphatic heterocycles. The van der Waals surface area contributed by atoms with Crippen LogP contribution in [0.2, 0.25) is 10.0 Å². The molecular weight excluding hydrogens is 545 g/mol. The minimum Gasteiger partial charge on any atom is -0.357 e. The van der Waals surface area contributed by atoms with Gasteiger partial charge in [0.15, 0.2) is 0 Å². The van der Waals surface area contributed by atoms with Gasteiger partial charge in [-0.05, 0) is 80.8 Å². The lowest BCUT2D eigenvalue weighted by molar-refractivity contribution is -0.139. The maximum Gasteiger partial charge on any atom is 0.264 e. The zero-order chi connectivity index (χ0) is 28.2. The second-order valence-electron chi connectivity index (χ2n) is 9.15. The number of rotatable bonds is 9. The number of anilines is 1. The summed E-state index contributed by atoms with van der Waals surface area (Å²) in [5.74, 6) is -0.946. The topological polar surface area (TPSA) is 86.8 Å². The fourth-order valence-corrected chi connectivity index (χ4v) is 5.60. The number of halogens is 2. The van der Waals surface area contributed by atoms with Crippen molar-refractivity contribution >= 4 is 50.7 Å². The van der Waals surface area contributed by atoms with Crippen molar-refractivity contribution in [3.8, 4) is 0 Å². The molecule has 10 heteroatoms. The lowest BCUT2D eigenvalue weighted by Gasteiger charge is -2.32. The molecule has 0 spiro atoms. The van der Waals surface area contributed by atoms with E-state index < -0.39 is 34.4 Å². The zero-order valence-corrected chi connectivity index (χ0v) is 24.3. The molecule has 0 radical (unpaired) electrons. The van der Waals surface area contributed by atoms with Crippen LogP contribution in [0.4, 0.5) is 5.69 Å². The van der Waals surface area contributed by atoms with Crippen LogP contribution in [0.1, 0.15) is 29.2 Å². The molecule has 0 fully saturated rings. The Labute approximate surface area is 234 Å². The molecule has 1 N–H and O–H groups in total. The summed E-state index contributed by atoms with van der Waals surface area (Å²) in [6.45, 7) is 6.76. The first kappa shape index (κ1) is 29.5. The van der Waals surface area contributed by atoms with Gasteiger partial charge in [-0.2, -0.15) is 0 Å².